The highest BCUT2D eigenvalue weighted by atomic mass is 16.1. The van der Waals surface area contributed by atoms with Gasteiger partial charge in [0.1, 0.15) is 6.54 Å². The van der Waals surface area contributed by atoms with Crippen molar-refractivity contribution < 1.29 is 4.79 Å². The average molecular weight is 244 g/mol. The molecule has 0 saturated heterocycles. The SMILES string of the molecule is CC(=O)Cn1nnc(-c2ccc(C(C)C)cc2)n1. The summed E-state index contributed by atoms with van der Waals surface area (Å²) in [5.74, 6) is 1.06. The van der Waals surface area contributed by atoms with Crippen molar-refractivity contribution in [1.29, 1.82) is 0 Å². The molecule has 0 saturated carbocycles. The van der Waals surface area contributed by atoms with E-state index in [0.29, 0.717) is 11.7 Å². The lowest BCUT2D eigenvalue weighted by Crippen LogP contribution is -2.09. The fraction of sp³-hybridized carbons (Fsp3) is 0.385. The number of benzene rings is 1. The summed E-state index contributed by atoms with van der Waals surface area (Å²) in [6.45, 7) is 5.96. The average Bonchev–Trinajstić information content (AvgIpc) is 2.76. The maximum atomic E-state index is 10.9. The molecule has 1 heterocycles. The Morgan fingerprint density at radius 3 is 2.50 bits per heavy atom. The van der Waals surface area contributed by atoms with Crippen molar-refractivity contribution in [3.05, 3.63) is 29.8 Å². The second-order valence-electron chi connectivity index (χ2n) is 4.62. The Kier molecular flexibility index (Phi) is 3.50. The van der Waals surface area contributed by atoms with E-state index in [1.807, 2.05) is 12.1 Å². The number of nitrogens with zero attached hydrogens (tertiary/aromatic N) is 4. The first-order valence-corrected chi connectivity index (χ1v) is 5.94. The molecule has 5 heteroatoms. The Bertz CT molecular complexity index is 542. The van der Waals surface area contributed by atoms with Gasteiger partial charge in [-0.25, -0.2) is 0 Å². The number of rotatable bonds is 4. The fourth-order valence-electron chi connectivity index (χ4n) is 1.64. The lowest BCUT2D eigenvalue weighted by atomic mass is 10.0. The van der Waals surface area contributed by atoms with Gasteiger partial charge in [0.05, 0.1) is 0 Å². The van der Waals surface area contributed by atoms with Crippen LogP contribution in [0.2, 0.25) is 0 Å². The highest BCUT2D eigenvalue weighted by Gasteiger charge is 2.07. The molecule has 0 N–H and O–H groups in total. The van der Waals surface area contributed by atoms with Crippen molar-refractivity contribution in [2.75, 3.05) is 0 Å². The van der Waals surface area contributed by atoms with Crippen LogP contribution in [0.4, 0.5) is 0 Å². The molecule has 94 valence electrons. The van der Waals surface area contributed by atoms with Crippen LogP contribution in [-0.4, -0.2) is 26.0 Å². The summed E-state index contributed by atoms with van der Waals surface area (Å²) >= 11 is 0. The van der Waals surface area contributed by atoms with Crippen molar-refractivity contribution in [1.82, 2.24) is 20.2 Å². The van der Waals surface area contributed by atoms with Crippen molar-refractivity contribution in [3.63, 3.8) is 0 Å². The van der Waals surface area contributed by atoms with Crippen LogP contribution in [0.25, 0.3) is 11.4 Å². The van der Waals surface area contributed by atoms with Crippen LogP contribution in [0.15, 0.2) is 24.3 Å². The Morgan fingerprint density at radius 2 is 1.94 bits per heavy atom. The molecule has 1 aromatic heterocycles. The van der Waals surface area contributed by atoms with Gasteiger partial charge >= 0.3 is 0 Å². The van der Waals surface area contributed by atoms with Crippen molar-refractivity contribution >= 4 is 5.78 Å². The summed E-state index contributed by atoms with van der Waals surface area (Å²) in [4.78, 5) is 12.3. The topological polar surface area (TPSA) is 60.7 Å². The number of Topliss-reactive ketones (excluding diaryl/α,β-unsaturated/α-hetero) is 1. The molecule has 0 aliphatic rings. The fourth-order valence-corrected chi connectivity index (χ4v) is 1.64. The Labute approximate surface area is 106 Å². The van der Waals surface area contributed by atoms with E-state index in [1.54, 1.807) is 0 Å². The van der Waals surface area contributed by atoms with Gasteiger partial charge in [-0.1, -0.05) is 38.1 Å². The minimum Gasteiger partial charge on any atom is -0.298 e. The monoisotopic (exact) mass is 244 g/mol. The molecule has 1 aromatic carbocycles. The van der Waals surface area contributed by atoms with E-state index in [1.165, 1.54) is 17.3 Å². The van der Waals surface area contributed by atoms with Crippen LogP contribution < -0.4 is 0 Å². The van der Waals surface area contributed by atoms with Gasteiger partial charge in [0.15, 0.2) is 5.78 Å². The smallest absolute Gasteiger partial charge is 0.204 e. The van der Waals surface area contributed by atoms with E-state index in [-0.39, 0.29) is 12.3 Å². The van der Waals surface area contributed by atoms with Gasteiger partial charge in [-0.05, 0) is 23.6 Å². The summed E-state index contributed by atoms with van der Waals surface area (Å²) in [6, 6.07) is 8.08. The van der Waals surface area contributed by atoms with E-state index in [0.717, 1.165) is 5.56 Å². The predicted octanol–water partition coefficient (Wildman–Crippen LogP) is 2.05. The first-order valence-electron chi connectivity index (χ1n) is 5.94. The summed E-state index contributed by atoms with van der Waals surface area (Å²) in [5, 5.41) is 12.0. The molecular formula is C13H16N4O. The first-order chi connectivity index (χ1) is 8.56. The lowest BCUT2D eigenvalue weighted by molar-refractivity contribution is -0.117. The first kappa shape index (κ1) is 12.4. The summed E-state index contributed by atoms with van der Waals surface area (Å²) in [5.41, 5.74) is 2.18. The van der Waals surface area contributed by atoms with Crippen LogP contribution in [-0.2, 0) is 11.3 Å². The number of ketones is 1. The standard InChI is InChI=1S/C13H16N4O/c1-9(2)11-4-6-12(7-5-11)13-14-16-17(15-13)8-10(3)18/h4-7,9H,8H2,1-3H3. The molecule has 0 spiro atoms. The largest absolute Gasteiger partial charge is 0.298 e. The number of hydrogen-bond donors (Lipinski definition) is 0. The second kappa shape index (κ2) is 5.08. The lowest BCUT2D eigenvalue weighted by Gasteiger charge is -2.04. The van der Waals surface area contributed by atoms with E-state index >= 15 is 0 Å². The predicted molar refractivity (Wildman–Crippen MR) is 68.0 cm³/mol. The Hall–Kier alpha value is -2.04. The molecule has 5 nitrogen and oxygen atoms in total. The molecule has 0 radical (unpaired) electrons. The minimum absolute atomic E-state index is 0.00843. The Morgan fingerprint density at radius 1 is 1.28 bits per heavy atom. The van der Waals surface area contributed by atoms with Gasteiger partial charge < -0.3 is 0 Å². The van der Waals surface area contributed by atoms with Crippen molar-refractivity contribution in [2.45, 2.75) is 33.2 Å². The van der Waals surface area contributed by atoms with Crippen molar-refractivity contribution in [3.8, 4) is 11.4 Å². The molecule has 18 heavy (non-hydrogen) atoms. The van der Waals surface area contributed by atoms with E-state index in [4.69, 9.17) is 0 Å². The Balaban J connectivity index is 2.20. The third kappa shape index (κ3) is 2.80. The van der Waals surface area contributed by atoms with Gasteiger partial charge in [-0.15, -0.1) is 10.2 Å². The summed E-state index contributed by atoms with van der Waals surface area (Å²) in [6.07, 6.45) is 0. The van der Waals surface area contributed by atoms with Gasteiger partial charge in [0.25, 0.3) is 0 Å². The quantitative estimate of drug-likeness (QED) is 0.825. The molecule has 2 rings (SSSR count). The number of carbonyl (C=O) groups excluding carboxylic acids is 1. The maximum Gasteiger partial charge on any atom is 0.204 e. The molecule has 0 amide bonds. The molecule has 0 unspecified atom stereocenters. The molecule has 0 fully saturated rings. The third-order valence-electron chi connectivity index (χ3n) is 2.65. The van der Waals surface area contributed by atoms with Gasteiger partial charge in [0, 0.05) is 5.56 Å². The zero-order valence-electron chi connectivity index (χ0n) is 10.8. The third-order valence-corrected chi connectivity index (χ3v) is 2.65. The number of carbonyl (C=O) groups is 1. The van der Waals surface area contributed by atoms with E-state index in [2.05, 4.69) is 41.4 Å². The van der Waals surface area contributed by atoms with Crippen LogP contribution in [0.5, 0.6) is 0 Å². The number of aromatic nitrogens is 4. The molecular weight excluding hydrogens is 228 g/mol. The highest BCUT2D eigenvalue weighted by Crippen LogP contribution is 2.19. The number of tetrazole rings is 1. The van der Waals surface area contributed by atoms with Crippen LogP contribution in [0, 0.1) is 0 Å². The van der Waals surface area contributed by atoms with Crippen molar-refractivity contribution in [2.24, 2.45) is 0 Å². The van der Waals surface area contributed by atoms with Crippen LogP contribution >= 0.6 is 0 Å². The molecule has 2 aromatic rings. The second-order valence-corrected chi connectivity index (χ2v) is 4.62. The summed E-state index contributed by atoms with van der Waals surface area (Å²) < 4.78 is 0. The van der Waals surface area contributed by atoms with Crippen LogP contribution in [0.3, 0.4) is 0 Å². The van der Waals surface area contributed by atoms with Crippen LogP contribution in [0.1, 0.15) is 32.3 Å². The highest BCUT2D eigenvalue weighted by molar-refractivity contribution is 5.75. The van der Waals surface area contributed by atoms with E-state index in [9.17, 15) is 4.79 Å². The minimum atomic E-state index is 0.00843. The zero-order chi connectivity index (χ0) is 13.1. The molecule has 0 aliphatic carbocycles. The molecule has 0 atom stereocenters. The zero-order valence-corrected chi connectivity index (χ0v) is 10.8. The molecule has 0 aliphatic heterocycles. The van der Waals surface area contributed by atoms with Gasteiger partial charge in [0.2, 0.25) is 5.82 Å². The normalized spacial score (nSPS) is 10.9. The number of hydrogen-bond acceptors (Lipinski definition) is 4. The summed E-state index contributed by atoms with van der Waals surface area (Å²) in [7, 11) is 0. The van der Waals surface area contributed by atoms with Gasteiger partial charge in [-0.2, -0.15) is 4.80 Å². The maximum absolute atomic E-state index is 10.9. The van der Waals surface area contributed by atoms with Gasteiger partial charge in [-0.3, -0.25) is 4.79 Å². The molecule has 0 bridgehead atoms. The van der Waals surface area contributed by atoms with E-state index < -0.39 is 0 Å².